The SMILES string of the molecule is Clc1ccc2cc3cc(Cl)c(Cl)c(Cl)c3cc2c1. The van der Waals surface area contributed by atoms with E-state index in [4.69, 9.17) is 46.4 Å². The van der Waals surface area contributed by atoms with E-state index in [1.54, 1.807) is 0 Å². The van der Waals surface area contributed by atoms with Gasteiger partial charge in [0.1, 0.15) is 0 Å². The van der Waals surface area contributed by atoms with Gasteiger partial charge in [0.2, 0.25) is 0 Å². The van der Waals surface area contributed by atoms with Crippen LogP contribution in [0.25, 0.3) is 21.5 Å². The molecule has 0 unspecified atom stereocenters. The first-order valence-corrected chi connectivity index (χ1v) is 6.74. The third-order valence-corrected chi connectivity index (χ3v) is 4.40. The van der Waals surface area contributed by atoms with Gasteiger partial charge in [-0.05, 0) is 46.5 Å². The van der Waals surface area contributed by atoms with Crippen molar-refractivity contribution in [2.24, 2.45) is 0 Å². The molecule has 0 saturated heterocycles. The maximum absolute atomic E-state index is 6.22. The highest BCUT2D eigenvalue weighted by molar-refractivity contribution is 6.50. The minimum atomic E-state index is 0.382. The lowest BCUT2D eigenvalue weighted by molar-refractivity contribution is 1.75. The smallest absolute Gasteiger partial charge is 0.0785 e. The first-order chi connectivity index (χ1) is 8.56. The van der Waals surface area contributed by atoms with Crippen LogP contribution in [0.5, 0.6) is 0 Å². The Balaban J connectivity index is 2.49. The predicted molar refractivity (Wildman–Crippen MR) is 81.5 cm³/mol. The van der Waals surface area contributed by atoms with E-state index < -0.39 is 0 Å². The van der Waals surface area contributed by atoms with Crippen LogP contribution in [0.2, 0.25) is 20.1 Å². The van der Waals surface area contributed by atoms with Crippen molar-refractivity contribution in [2.45, 2.75) is 0 Å². The summed E-state index contributed by atoms with van der Waals surface area (Å²) in [5.41, 5.74) is 0. The van der Waals surface area contributed by atoms with Crippen LogP contribution in [0.15, 0.2) is 36.4 Å². The third kappa shape index (κ3) is 1.94. The van der Waals surface area contributed by atoms with Crippen LogP contribution < -0.4 is 0 Å². The van der Waals surface area contributed by atoms with E-state index in [1.165, 1.54) is 0 Å². The van der Waals surface area contributed by atoms with Crippen LogP contribution in [0.4, 0.5) is 0 Å². The number of fused-ring (bicyclic) bond motifs is 2. The number of hydrogen-bond donors (Lipinski definition) is 0. The largest absolute Gasteiger partial charge is 0.0843 e. The molecule has 3 rings (SSSR count). The Morgan fingerprint density at radius 1 is 0.611 bits per heavy atom. The summed E-state index contributed by atoms with van der Waals surface area (Å²) in [7, 11) is 0. The van der Waals surface area contributed by atoms with Gasteiger partial charge in [0.05, 0.1) is 15.1 Å². The number of halogens is 4. The minimum Gasteiger partial charge on any atom is -0.0843 e. The van der Waals surface area contributed by atoms with E-state index >= 15 is 0 Å². The molecule has 0 saturated carbocycles. The lowest BCUT2D eigenvalue weighted by Gasteiger charge is -2.07. The van der Waals surface area contributed by atoms with E-state index in [-0.39, 0.29) is 0 Å². The van der Waals surface area contributed by atoms with E-state index in [0.717, 1.165) is 21.5 Å². The molecule has 0 heterocycles. The van der Waals surface area contributed by atoms with Crippen molar-refractivity contribution in [1.29, 1.82) is 0 Å². The number of rotatable bonds is 0. The van der Waals surface area contributed by atoms with Gasteiger partial charge < -0.3 is 0 Å². The Morgan fingerprint density at radius 2 is 1.39 bits per heavy atom. The van der Waals surface area contributed by atoms with Crippen molar-refractivity contribution in [3.05, 3.63) is 56.5 Å². The molecule has 0 aliphatic carbocycles. The summed E-state index contributed by atoms with van der Waals surface area (Å²) in [4.78, 5) is 0. The van der Waals surface area contributed by atoms with E-state index in [1.807, 2.05) is 36.4 Å². The Morgan fingerprint density at radius 3 is 2.17 bits per heavy atom. The van der Waals surface area contributed by atoms with Crippen LogP contribution in [0.1, 0.15) is 0 Å². The zero-order valence-corrected chi connectivity index (χ0v) is 12.0. The van der Waals surface area contributed by atoms with Gasteiger partial charge in [-0.15, -0.1) is 0 Å². The lowest BCUT2D eigenvalue weighted by atomic mass is 10.0. The van der Waals surface area contributed by atoms with Gasteiger partial charge in [0.25, 0.3) is 0 Å². The fourth-order valence-electron chi connectivity index (χ4n) is 2.02. The second-order valence-electron chi connectivity index (χ2n) is 4.05. The number of hydrogen-bond acceptors (Lipinski definition) is 0. The molecule has 0 aliphatic heterocycles. The Kier molecular flexibility index (Phi) is 3.07. The summed E-state index contributed by atoms with van der Waals surface area (Å²) in [5, 5.41) is 5.95. The molecule has 0 bridgehead atoms. The van der Waals surface area contributed by atoms with Gasteiger partial charge in [-0.25, -0.2) is 0 Å². The first-order valence-electron chi connectivity index (χ1n) is 5.23. The van der Waals surface area contributed by atoms with Gasteiger partial charge in [-0.1, -0.05) is 52.5 Å². The average molecular weight is 316 g/mol. The summed E-state index contributed by atoms with van der Waals surface area (Å²) in [5.74, 6) is 0. The highest BCUT2D eigenvalue weighted by atomic mass is 35.5. The molecule has 0 nitrogen and oxygen atoms in total. The zero-order chi connectivity index (χ0) is 12.9. The van der Waals surface area contributed by atoms with Crippen LogP contribution in [0.3, 0.4) is 0 Å². The van der Waals surface area contributed by atoms with Gasteiger partial charge in [-0.3, -0.25) is 0 Å². The van der Waals surface area contributed by atoms with Gasteiger partial charge in [-0.2, -0.15) is 0 Å². The number of benzene rings is 3. The summed E-state index contributed by atoms with van der Waals surface area (Å²) >= 11 is 24.3. The molecule has 0 fully saturated rings. The van der Waals surface area contributed by atoms with Crippen LogP contribution in [0, 0.1) is 0 Å². The van der Waals surface area contributed by atoms with Crippen molar-refractivity contribution in [3.63, 3.8) is 0 Å². The fourth-order valence-corrected chi connectivity index (χ4v) is 2.88. The van der Waals surface area contributed by atoms with Gasteiger partial charge in [0, 0.05) is 10.4 Å². The Labute approximate surface area is 124 Å². The molecular formula is C14H6Cl4. The summed E-state index contributed by atoms with van der Waals surface area (Å²) < 4.78 is 0. The van der Waals surface area contributed by atoms with Crippen molar-refractivity contribution < 1.29 is 0 Å². The van der Waals surface area contributed by atoms with Crippen molar-refractivity contribution >= 4 is 67.9 Å². The second-order valence-corrected chi connectivity index (χ2v) is 5.65. The predicted octanol–water partition coefficient (Wildman–Crippen LogP) is 6.61. The molecule has 3 aromatic carbocycles. The second kappa shape index (κ2) is 4.47. The molecule has 0 atom stereocenters. The van der Waals surface area contributed by atoms with E-state index in [2.05, 4.69) is 0 Å². The molecule has 0 amide bonds. The summed E-state index contributed by atoms with van der Waals surface area (Å²) in [6.07, 6.45) is 0. The van der Waals surface area contributed by atoms with E-state index in [0.29, 0.717) is 20.1 Å². The van der Waals surface area contributed by atoms with Crippen molar-refractivity contribution in [1.82, 2.24) is 0 Å². The Bertz CT molecular complexity index is 778. The zero-order valence-electron chi connectivity index (χ0n) is 8.98. The fraction of sp³-hybridized carbons (Fsp3) is 0. The summed E-state index contributed by atoms with van der Waals surface area (Å²) in [6.45, 7) is 0. The molecule has 4 heteroatoms. The van der Waals surface area contributed by atoms with Crippen molar-refractivity contribution in [3.8, 4) is 0 Å². The molecule has 18 heavy (non-hydrogen) atoms. The first kappa shape index (κ1) is 12.4. The monoisotopic (exact) mass is 314 g/mol. The normalized spacial score (nSPS) is 11.3. The standard InChI is InChI=1S/C14H6Cl4/c15-10-2-1-7-3-9-6-12(16)14(18)13(17)11(9)5-8(7)4-10/h1-6H. The van der Waals surface area contributed by atoms with Crippen LogP contribution in [-0.4, -0.2) is 0 Å². The highest BCUT2D eigenvalue weighted by Gasteiger charge is 2.10. The van der Waals surface area contributed by atoms with Gasteiger partial charge in [0.15, 0.2) is 0 Å². The minimum absolute atomic E-state index is 0.382. The highest BCUT2D eigenvalue weighted by Crippen LogP contribution is 2.38. The molecule has 3 aromatic rings. The summed E-state index contributed by atoms with van der Waals surface area (Å²) in [6, 6.07) is 11.5. The van der Waals surface area contributed by atoms with Crippen molar-refractivity contribution in [2.75, 3.05) is 0 Å². The topological polar surface area (TPSA) is 0 Å². The third-order valence-electron chi connectivity index (χ3n) is 2.89. The maximum atomic E-state index is 6.22. The lowest BCUT2D eigenvalue weighted by Crippen LogP contribution is -1.80. The maximum Gasteiger partial charge on any atom is 0.0785 e. The molecule has 90 valence electrons. The molecule has 0 spiro atoms. The molecular weight excluding hydrogens is 310 g/mol. The molecule has 0 aromatic heterocycles. The van der Waals surface area contributed by atoms with Crippen LogP contribution >= 0.6 is 46.4 Å². The van der Waals surface area contributed by atoms with Gasteiger partial charge >= 0.3 is 0 Å². The average Bonchev–Trinajstić information content (AvgIpc) is 2.35. The molecule has 0 N–H and O–H groups in total. The quantitative estimate of drug-likeness (QED) is 0.323. The molecule has 0 aliphatic rings. The Hall–Kier alpha value is -0.660. The molecule has 0 radical (unpaired) electrons. The van der Waals surface area contributed by atoms with Crippen LogP contribution in [-0.2, 0) is 0 Å². The van der Waals surface area contributed by atoms with E-state index in [9.17, 15) is 0 Å².